The zero-order valence-electron chi connectivity index (χ0n) is 11.7. The zero-order valence-corrected chi connectivity index (χ0v) is 11.7. The van der Waals surface area contributed by atoms with E-state index in [-0.39, 0.29) is 0 Å². The Balaban J connectivity index is 1.70. The fourth-order valence-electron chi connectivity index (χ4n) is 2.97. The smallest absolute Gasteiger partial charge is 0.117 e. The van der Waals surface area contributed by atoms with Crippen molar-refractivity contribution < 1.29 is 4.42 Å². The summed E-state index contributed by atoms with van der Waals surface area (Å²) in [5.74, 6) is 2.03. The molecule has 1 aromatic rings. The van der Waals surface area contributed by atoms with Gasteiger partial charge in [0.1, 0.15) is 11.5 Å². The quantitative estimate of drug-likeness (QED) is 0.762. The standard InChI is InChI=1S/C15H26N2O/c1-13-6-7-14(18-13)12-17-11-10-15(16-2)8-4-3-5-9-15/h6-7,16-17H,3-5,8-12H2,1-2H3. The Morgan fingerprint density at radius 1 is 1.22 bits per heavy atom. The van der Waals surface area contributed by atoms with Crippen LogP contribution in [0, 0.1) is 6.92 Å². The van der Waals surface area contributed by atoms with Gasteiger partial charge in [0.25, 0.3) is 0 Å². The summed E-state index contributed by atoms with van der Waals surface area (Å²) < 4.78 is 5.55. The predicted molar refractivity (Wildman–Crippen MR) is 74.6 cm³/mol. The number of rotatable bonds is 6. The van der Waals surface area contributed by atoms with Crippen molar-refractivity contribution in [2.45, 2.75) is 57.5 Å². The van der Waals surface area contributed by atoms with Crippen LogP contribution in [0.2, 0.25) is 0 Å². The average molecular weight is 250 g/mol. The van der Waals surface area contributed by atoms with Crippen molar-refractivity contribution in [3.63, 3.8) is 0 Å². The minimum Gasteiger partial charge on any atom is -0.465 e. The molecule has 2 rings (SSSR count). The highest BCUT2D eigenvalue weighted by Crippen LogP contribution is 2.30. The molecule has 2 N–H and O–H groups in total. The average Bonchev–Trinajstić information content (AvgIpc) is 2.82. The fourth-order valence-corrected chi connectivity index (χ4v) is 2.97. The summed E-state index contributed by atoms with van der Waals surface area (Å²) in [6.07, 6.45) is 8.01. The van der Waals surface area contributed by atoms with Crippen molar-refractivity contribution in [2.75, 3.05) is 13.6 Å². The lowest BCUT2D eigenvalue weighted by atomic mass is 9.79. The minimum atomic E-state index is 0.379. The maximum atomic E-state index is 5.55. The second-order valence-electron chi connectivity index (χ2n) is 5.53. The van der Waals surface area contributed by atoms with Gasteiger partial charge < -0.3 is 15.1 Å². The maximum absolute atomic E-state index is 5.55. The lowest BCUT2D eigenvalue weighted by molar-refractivity contribution is 0.227. The topological polar surface area (TPSA) is 37.2 Å². The molecule has 18 heavy (non-hydrogen) atoms. The summed E-state index contributed by atoms with van der Waals surface area (Å²) in [6, 6.07) is 4.07. The molecule has 0 bridgehead atoms. The molecule has 0 unspecified atom stereocenters. The van der Waals surface area contributed by atoms with Gasteiger partial charge in [-0.15, -0.1) is 0 Å². The summed E-state index contributed by atoms with van der Waals surface area (Å²) in [7, 11) is 2.11. The number of aryl methyl sites for hydroxylation is 1. The van der Waals surface area contributed by atoms with Gasteiger partial charge in [-0.3, -0.25) is 0 Å². The lowest BCUT2D eigenvalue weighted by Crippen LogP contribution is -2.46. The molecule has 3 heteroatoms. The van der Waals surface area contributed by atoms with E-state index in [0.29, 0.717) is 5.54 Å². The van der Waals surface area contributed by atoms with E-state index in [1.807, 2.05) is 13.0 Å². The van der Waals surface area contributed by atoms with Gasteiger partial charge >= 0.3 is 0 Å². The Bertz CT molecular complexity index is 353. The van der Waals surface area contributed by atoms with Gasteiger partial charge in [-0.25, -0.2) is 0 Å². The Hall–Kier alpha value is -0.800. The highest BCUT2D eigenvalue weighted by atomic mass is 16.3. The van der Waals surface area contributed by atoms with Crippen molar-refractivity contribution in [1.82, 2.24) is 10.6 Å². The zero-order chi connectivity index (χ0) is 12.8. The van der Waals surface area contributed by atoms with Crippen molar-refractivity contribution in [3.8, 4) is 0 Å². The SMILES string of the molecule is CNC1(CCNCc2ccc(C)o2)CCCCC1. The van der Waals surface area contributed by atoms with E-state index in [1.54, 1.807) is 0 Å². The number of hydrogen-bond donors (Lipinski definition) is 2. The van der Waals surface area contributed by atoms with Gasteiger partial charge in [-0.05, 0) is 51.9 Å². The molecular formula is C15H26N2O. The van der Waals surface area contributed by atoms with Crippen LogP contribution in [0.3, 0.4) is 0 Å². The molecule has 0 spiro atoms. The largest absolute Gasteiger partial charge is 0.465 e. The van der Waals surface area contributed by atoms with Gasteiger partial charge in [0.15, 0.2) is 0 Å². The van der Waals surface area contributed by atoms with Crippen LogP contribution in [-0.2, 0) is 6.54 Å². The highest BCUT2D eigenvalue weighted by molar-refractivity contribution is 5.05. The molecule has 1 aliphatic rings. The summed E-state index contributed by atoms with van der Waals surface area (Å²) >= 11 is 0. The molecule has 0 amide bonds. The Morgan fingerprint density at radius 2 is 2.00 bits per heavy atom. The van der Waals surface area contributed by atoms with Crippen molar-refractivity contribution in [2.24, 2.45) is 0 Å². The van der Waals surface area contributed by atoms with Crippen LogP contribution < -0.4 is 10.6 Å². The summed E-state index contributed by atoms with van der Waals surface area (Å²) in [5.41, 5.74) is 0.379. The molecule has 0 aromatic carbocycles. The predicted octanol–water partition coefficient (Wildman–Crippen LogP) is 2.99. The lowest BCUT2D eigenvalue weighted by Gasteiger charge is -2.37. The molecular weight excluding hydrogens is 224 g/mol. The van der Waals surface area contributed by atoms with Crippen LogP contribution in [0.1, 0.15) is 50.0 Å². The van der Waals surface area contributed by atoms with Crippen LogP contribution >= 0.6 is 0 Å². The minimum absolute atomic E-state index is 0.379. The first kappa shape index (κ1) is 13.6. The second kappa shape index (κ2) is 6.39. The number of hydrogen-bond acceptors (Lipinski definition) is 3. The van der Waals surface area contributed by atoms with Crippen molar-refractivity contribution >= 4 is 0 Å². The van der Waals surface area contributed by atoms with E-state index in [1.165, 1.54) is 38.5 Å². The van der Waals surface area contributed by atoms with Gasteiger partial charge in [-0.1, -0.05) is 19.3 Å². The van der Waals surface area contributed by atoms with Crippen LogP contribution in [0.15, 0.2) is 16.5 Å². The molecule has 1 aliphatic carbocycles. The van der Waals surface area contributed by atoms with Gasteiger partial charge in [0.05, 0.1) is 6.54 Å². The van der Waals surface area contributed by atoms with Crippen LogP contribution in [0.4, 0.5) is 0 Å². The van der Waals surface area contributed by atoms with Gasteiger partial charge in [0.2, 0.25) is 0 Å². The van der Waals surface area contributed by atoms with E-state index >= 15 is 0 Å². The monoisotopic (exact) mass is 250 g/mol. The van der Waals surface area contributed by atoms with E-state index in [9.17, 15) is 0 Å². The maximum Gasteiger partial charge on any atom is 0.117 e. The van der Waals surface area contributed by atoms with Crippen molar-refractivity contribution in [1.29, 1.82) is 0 Å². The van der Waals surface area contributed by atoms with Crippen molar-refractivity contribution in [3.05, 3.63) is 23.7 Å². The van der Waals surface area contributed by atoms with Gasteiger partial charge in [0, 0.05) is 5.54 Å². The summed E-state index contributed by atoms with van der Waals surface area (Å²) in [6.45, 7) is 3.88. The second-order valence-corrected chi connectivity index (χ2v) is 5.53. The van der Waals surface area contributed by atoms with E-state index in [0.717, 1.165) is 24.6 Å². The molecule has 1 aromatic heterocycles. The molecule has 0 radical (unpaired) electrons. The molecule has 0 aliphatic heterocycles. The third-order valence-corrected chi connectivity index (χ3v) is 4.22. The summed E-state index contributed by atoms with van der Waals surface area (Å²) in [4.78, 5) is 0. The molecule has 102 valence electrons. The third-order valence-electron chi connectivity index (χ3n) is 4.22. The normalized spacial score (nSPS) is 19.0. The first-order chi connectivity index (χ1) is 8.74. The van der Waals surface area contributed by atoms with E-state index in [4.69, 9.17) is 4.42 Å². The number of furan rings is 1. The van der Waals surface area contributed by atoms with Crippen LogP contribution in [0.25, 0.3) is 0 Å². The molecule has 1 saturated carbocycles. The molecule has 1 fully saturated rings. The van der Waals surface area contributed by atoms with Crippen LogP contribution in [-0.4, -0.2) is 19.1 Å². The van der Waals surface area contributed by atoms with E-state index < -0.39 is 0 Å². The first-order valence-corrected chi connectivity index (χ1v) is 7.19. The first-order valence-electron chi connectivity index (χ1n) is 7.19. The molecule has 0 atom stereocenters. The fraction of sp³-hybridized carbons (Fsp3) is 0.733. The highest BCUT2D eigenvalue weighted by Gasteiger charge is 2.29. The van der Waals surface area contributed by atoms with E-state index in [2.05, 4.69) is 23.7 Å². The number of nitrogens with one attached hydrogen (secondary N) is 2. The van der Waals surface area contributed by atoms with Gasteiger partial charge in [-0.2, -0.15) is 0 Å². The van der Waals surface area contributed by atoms with Crippen LogP contribution in [0.5, 0.6) is 0 Å². The Morgan fingerprint density at radius 3 is 2.61 bits per heavy atom. The molecule has 3 nitrogen and oxygen atoms in total. The summed E-state index contributed by atoms with van der Waals surface area (Å²) in [5, 5.41) is 7.04. The third kappa shape index (κ3) is 3.59. The molecule has 1 heterocycles. The Labute approximate surface area is 110 Å². The molecule has 0 saturated heterocycles. The Kier molecular flexibility index (Phi) is 4.84.